The second kappa shape index (κ2) is 4.84. The number of hydrogen-bond acceptors (Lipinski definition) is 2. The predicted octanol–water partition coefficient (Wildman–Crippen LogP) is 3.25. The van der Waals surface area contributed by atoms with Gasteiger partial charge in [-0.05, 0) is 24.2 Å². The molecular weight excluding hydrogens is 188 g/mol. The summed E-state index contributed by atoms with van der Waals surface area (Å²) in [5.41, 5.74) is 0.555. The molecule has 90 valence electrons. The smallest absolute Gasteiger partial charge is 0.115 e. The first kappa shape index (κ1) is 13.0. The third-order valence-electron chi connectivity index (χ3n) is 3.93. The second-order valence-corrected chi connectivity index (χ2v) is 5.26. The van der Waals surface area contributed by atoms with E-state index in [-0.39, 0.29) is 5.60 Å². The van der Waals surface area contributed by atoms with E-state index >= 15 is 0 Å². The zero-order chi connectivity index (χ0) is 11.5. The van der Waals surface area contributed by atoms with E-state index in [1.807, 2.05) is 13.8 Å². The van der Waals surface area contributed by atoms with Crippen LogP contribution < -0.4 is 0 Å². The van der Waals surface area contributed by atoms with Crippen LogP contribution in [0.4, 0.5) is 0 Å². The first-order valence-electron chi connectivity index (χ1n) is 6.28. The Morgan fingerprint density at radius 2 is 1.73 bits per heavy atom. The summed E-state index contributed by atoms with van der Waals surface area (Å²) in [6.07, 6.45) is 2.38. The zero-order valence-electron chi connectivity index (χ0n) is 10.9. The Bertz CT molecular complexity index is 197. The molecule has 0 saturated carbocycles. The lowest BCUT2D eigenvalue weighted by Crippen LogP contribution is -2.58. The molecule has 2 aliphatic heterocycles. The fraction of sp³-hybridized carbons (Fsp3) is 1.00. The molecular formula is C13H26O2. The van der Waals surface area contributed by atoms with Gasteiger partial charge in [0.2, 0.25) is 0 Å². The lowest BCUT2D eigenvalue weighted by Gasteiger charge is -2.52. The number of rotatable bonds is 1. The molecule has 1 spiro atoms. The predicted molar refractivity (Wildman–Crippen MR) is 63.0 cm³/mol. The summed E-state index contributed by atoms with van der Waals surface area (Å²) in [7, 11) is 0. The summed E-state index contributed by atoms with van der Waals surface area (Å²) in [4.78, 5) is 0. The maximum atomic E-state index is 5.82. The maximum Gasteiger partial charge on any atom is 0.115 e. The van der Waals surface area contributed by atoms with Crippen LogP contribution in [0.2, 0.25) is 0 Å². The summed E-state index contributed by atoms with van der Waals surface area (Å²) in [6.45, 7) is 13.6. The largest absolute Gasteiger partial charge is 0.375 e. The minimum absolute atomic E-state index is 0.0945. The van der Waals surface area contributed by atoms with E-state index in [4.69, 9.17) is 9.47 Å². The van der Waals surface area contributed by atoms with Gasteiger partial charge >= 0.3 is 0 Å². The van der Waals surface area contributed by atoms with E-state index in [1.165, 1.54) is 12.8 Å². The average Bonchev–Trinajstić information content (AvgIpc) is 2.18. The van der Waals surface area contributed by atoms with Crippen LogP contribution in [0.5, 0.6) is 0 Å². The van der Waals surface area contributed by atoms with Gasteiger partial charge in [-0.2, -0.15) is 0 Å². The molecule has 2 heteroatoms. The minimum Gasteiger partial charge on any atom is -0.375 e. The van der Waals surface area contributed by atoms with Crippen LogP contribution in [0.15, 0.2) is 0 Å². The van der Waals surface area contributed by atoms with Crippen LogP contribution in [-0.2, 0) is 9.47 Å². The third kappa shape index (κ3) is 2.54. The van der Waals surface area contributed by atoms with E-state index in [9.17, 15) is 0 Å². The fourth-order valence-corrected chi connectivity index (χ4v) is 2.38. The van der Waals surface area contributed by atoms with E-state index in [1.54, 1.807) is 0 Å². The fourth-order valence-electron chi connectivity index (χ4n) is 2.38. The molecule has 0 aliphatic carbocycles. The Kier molecular flexibility index (Phi) is 4.19. The van der Waals surface area contributed by atoms with Crippen molar-refractivity contribution in [3.63, 3.8) is 0 Å². The molecule has 2 aliphatic rings. The van der Waals surface area contributed by atoms with Crippen molar-refractivity contribution in [3.05, 3.63) is 0 Å². The standard InChI is InChI=1S/C11H20O2.C2H6/c1-9(2)10(3)4-5-13-11(6-10)7-12-8-11;1-2/h9H,4-8H2,1-3H3;1-2H3. The lowest BCUT2D eigenvalue weighted by atomic mass is 9.67. The molecule has 0 amide bonds. The molecule has 2 saturated heterocycles. The van der Waals surface area contributed by atoms with Crippen LogP contribution >= 0.6 is 0 Å². The summed E-state index contributed by atoms with van der Waals surface area (Å²) < 4.78 is 11.1. The molecule has 15 heavy (non-hydrogen) atoms. The van der Waals surface area contributed by atoms with Crippen molar-refractivity contribution in [2.75, 3.05) is 19.8 Å². The molecule has 0 aromatic rings. The van der Waals surface area contributed by atoms with Crippen LogP contribution in [0.25, 0.3) is 0 Å². The summed E-state index contributed by atoms with van der Waals surface area (Å²) in [5, 5.41) is 0. The molecule has 2 rings (SSSR count). The van der Waals surface area contributed by atoms with E-state index < -0.39 is 0 Å². The van der Waals surface area contributed by atoms with Crippen LogP contribution in [0, 0.1) is 11.3 Å². The van der Waals surface area contributed by atoms with Crippen LogP contribution in [0.3, 0.4) is 0 Å². The van der Waals surface area contributed by atoms with Gasteiger partial charge in [-0.1, -0.05) is 34.6 Å². The SMILES string of the molecule is CC.CC(C)C1(C)CCOC2(COC2)C1. The van der Waals surface area contributed by atoms with Crippen molar-refractivity contribution < 1.29 is 9.47 Å². The monoisotopic (exact) mass is 214 g/mol. The normalized spacial score (nSPS) is 33.2. The quantitative estimate of drug-likeness (QED) is 0.667. The third-order valence-corrected chi connectivity index (χ3v) is 3.93. The summed E-state index contributed by atoms with van der Waals surface area (Å²) in [5.74, 6) is 0.744. The Morgan fingerprint density at radius 3 is 2.13 bits per heavy atom. The Hall–Kier alpha value is -0.0800. The highest BCUT2D eigenvalue weighted by atomic mass is 16.6. The van der Waals surface area contributed by atoms with Crippen molar-refractivity contribution >= 4 is 0 Å². The zero-order valence-corrected chi connectivity index (χ0v) is 10.9. The molecule has 1 unspecified atom stereocenters. The van der Waals surface area contributed by atoms with E-state index in [2.05, 4.69) is 20.8 Å². The van der Waals surface area contributed by atoms with Crippen molar-refractivity contribution in [1.82, 2.24) is 0 Å². The average molecular weight is 214 g/mol. The van der Waals surface area contributed by atoms with Gasteiger partial charge in [0, 0.05) is 6.61 Å². The molecule has 1 atom stereocenters. The minimum atomic E-state index is 0.0945. The molecule has 0 aromatic carbocycles. The first-order chi connectivity index (χ1) is 7.06. The van der Waals surface area contributed by atoms with Crippen LogP contribution in [-0.4, -0.2) is 25.4 Å². The van der Waals surface area contributed by atoms with Gasteiger partial charge in [0.15, 0.2) is 0 Å². The maximum absolute atomic E-state index is 5.82. The molecule has 0 radical (unpaired) electrons. The number of ether oxygens (including phenoxy) is 2. The molecule has 2 nitrogen and oxygen atoms in total. The topological polar surface area (TPSA) is 18.5 Å². The highest BCUT2D eigenvalue weighted by Crippen LogP contribution is 2.46. The van der Waals surface area contributed by atoms with E-state index in [0.717, 1.165) is 25.7 Å². The van der Waals surface area contributed by atoms with E-state index in [0.29, 0.717) is 5.41 Å². The van der Waals surface area contributed by atoms with Gasteiger partial charge in [0.1, 0.15) is 5.60 Å². The summed E-state index contributed by atoms with van der Waals surface area (Å²) in [6, 6.07) is 0. The van der Waals surface area contributed by atoms with Crippen molar-refractivity contribution in [2.45, 2.75) is 53.1 Å². The molecule has 2 fully saturated rings. The molecule has 0 aromatic heterocycles. The molecule has 2 heterocycles. The highest BCUT2D eigenvalue weighted by molar-refractivity contribution is 4.97. The molecule has 0 N–H and O–H groups in total. The first-order valence-corrected chi connectivity index (χ1v) is 6.28. The van der Waals surface area contributed by atoms with Crippen molar-refractivity contribution in [1.29, 1.82) is 0 Å². The van der Waals surface area contributed by atoms with Gasteiger partial charge in [-0.3, -0.25) is 0 Å². The van der Waals surface area contributed by atoms with Crippen molar-refractivity contribution in [3.8, 4) is 0 Å². The van der Waals surface area contributed by atoms with Gasteiger partial charge in [0.25, 0.3) is 0 Å². The van der Waals surface area contributed by atoms with Gasteiger partial charge in [0.05, 0.1) is 13.2 Å². The highest BCUT2D eigenvalue weighted by Gasteiger charge is 2.49. The van der Waals surface area contributed by atoms with Gasteiger partial charge in [-0.25, -0.2) is 0 Å². The van der Waals surface area contributed by atoms with Gasteiger partial charge < -0.3 is 9.47 Å². The number of hydrogen-bond donors (Lipinski definition) is 0. The van der Waals surface area contributed by atoms with Gasteiger partial charge in [-0.15, -0.1) is 0 Å². The lowest BCUT2D eigenvalue weighted by molar-refractivity contribution is -0.251. The Balaban J connectivity index is 0.000000531. The van der Waals surface area contributed by atoms with Crippen LogP contribution in [0.1, 0.15) is 47.5 Å². The van der Waals surface area contributed by atoms with Crippen molar-refractivity contribution in [2.24, 2.45) is 11.3 Å². The molecule has 0 bridgehead atoms. The summed E-state index contributed by atoms with van der Waals surface area (Å²) >= 11 is 0. The Morgan fingerprint density at radius 1 is 1.13 bits per heavy atom. The second-order valence-electron chi connectivity index (χ2n) is 5.26. The Labute approximate surface area is 94.3 Å².